The second-order valence-corrected chi connectivity index (χ2v) is 4.69. The molecule has 0 radical (unpaired) electrons. The first-order valence-corrected chi connectivity index (χ1v) is 6.72. The summed E-state index contributed by atoms with van der Waals surface area (Å²) in [5.41, 5.74) is 1.25. The summed E-state index contributed by atoms with van der Waals surface area (Å²) in [6, 6.07) is 13.6. The molecule has 0 aromatic heterocycles. The highest BCUT2D eigenvalue weighted by Gasteiger charge is 2.15. The van der Waals surface area contributed by atoms with Gasteiger partial charge in [0.05, 0.1) is 18.5 Å². The molecule has 1 N–H and O–H groups in total. The molecule has 0 fully saturated rings. The Morgan fingerprint density at radius 1 is 1.23 bits per heavy atom. The highest BCUT2D eigenvalue weighted by molar-refractivity contribution is 5.79. The number of nitro benzene ring substituents is 1. The van der Waals surface area contributed by atoms with Gasteiger partial charge < -0.3 is 10.1 Å². The van der Waals surface area contributed by atoms with Gasteiger partial charge in [0.15, 0.2) is 0 Å². The predicted molar refractivity (Wildman–Crippen MR) is 81.6 cm³/mol. The van der Waals surface area contributed by atoms with Crippen LogP contribution in [0, 0.1) is 10.1 Å². The van der Waals surface area contributed by atoms with Gasteiger partial charge in [-0.05, 0) is 17.7 Å². The van der Waals surface area contributed by atoms with E-state index < -0.39 is 4.92 Å². The van der Waals surface area contributed by atoms with Crippen molar-refractivity contribution in [3.8, 4) is 5.75 Å². The van der Waals surface area contributed by atoms with Crippen LogP contribution in [0.3, 0.4) is 0 Å². The second kappa shape index (κ2) is 7.21. The second-order valence-electron chi connectivity index (χ2n) is 4.69. The van der Waals surface area contributed by atoms with Crippen LogP contribution in [0.4, 0.5) is 5.69 Å². The SMILES string of the molecule is COc1cccc(CNC(=O)Cc2ccccc2[N+](=O)[O-])c1. The Labute approximate surface area is 127 Å². The number of methoxy groups -OCH3 is 1. The van der Waals surface area contributed by atoms with Crippen molar-refractivity contribution in [2.75, 3.05) is 7.11 Å². The van der Waals surface area contributed by atoms with Gasteiger partial charge in [0, 0.05) is 18.2 Å². The Balaban J connectivity index is 1.97. The van der Waals surface area contributed by atoms with Crippen molar-refractivity contribution in [3.05, 3.63) is 69.8 Å². The summed E-state index contributed by atoms with van der Waals surface area (Å²) in [5.74, 6) is 0.447. The minimum absolute atomic E-state index is 0.0267. The minimum atomic E-state index is -0.481. The summed E-state index contributed by atoms with van der Waals surface area (Å²) in [4.78, 5) is 22.4. The number of hydrogen-bond acceptors (Lipinski definition) is 4. The third kappa shape index (κ3) is 4.05. The number of para-hydroxylation sites is 1. The van der Waals surface area contributed by atoms with Crippen LogP contribution in [0.5, 0.6) is 5.75 Å². The van der Waals surface area contributed by atoms with Gasteiger partial charge in [-0.25, -0.2) is 0 Å². The molecule has 6 heteroatoms. The molecule has 0 saturated carbocycles. The van der Waals surface area contributed by atoms with E-state index >= 15 is 0 Å². The van der Waals surface area contributed by atoms with Crippen LogP contribution in [0.25, 0.3) is 0 Å². The summed E-state index contributed by atoms with van der Waals surface area (Å²) in [5, 5.41) is 13.7. The number of nitrogens with zero attached hydrogens (tertiary/aromatic N) is 1. The Bertz CT molecular complexity index is 685. The Morgan fingerprint density at radius 2 is 2.00 bits per heavy atom. The molecular formula is C16H16N2O4. The molecule has 2 aromatic rings. The highest BCUT2D eigenvalue weighted by atomic mass is 16.6. The smallest absolute Gasteiger partial charge is 0.273 e. The number of carbonyl (C=O) groups excluding carboxylic acids is 1. The Kier molecular flexibility index (Phi) is 5.08. The van der Waals surface area contributed by atoms with Crippen molar-refractivity contribution in [2.45, 2.75) is 13.0 Å². The average Bonchev–Trinajstić information content (AvgIpc) is 2.53. The molecule has 0 heterocycles. The molecule has 0 bridgehead atoms. The molecule has 0 unspecified atom stereocenters. The van der Waals surface area contributed by atoms with E-state index in [1.807, 2.05) is 24.3 Å². The molecule has 0 atom stereocenters. The van der Waals surface area contributed by atoms with Gasteiger partial charge >= 0.3 is 0 Å². The van der Waals surface area contributed by atoms with E-state index in [1.54, 1.807) is 25.3 Å². The molecular weight excluding hydrogens is 284 g/mol. The fourth-order valence-electron chi connectivity index (χ4n) is 2.06. The summed E-state index contributed by atoms with van der Waals surface area (Å²) in [6.07, 6.45) is -0.0267. The van der Waals surface area contributed by atoms with Gasteiger partial charge in [0.25, 0.3) is 5.69 Å². The van der Waals surface area contributed by atoms with Gasteiger partial charge in [-0.3, -0.25) is 14.9 Å². The summed E-state index contributed by atoms with van der Waals surface area (Å²) in [6.45, 7) is 0.344. The van der Waals surface area contributed by atoms with Crippen molar-refractivity contribution in [2.24, 2.45) is 0 Å². The monoisotopic (exact) mass is 300 g/mol. The van der Waals surface area contributed by atoms with E-state index in [9.17, 15) is 14.9 Å². The molecule has 1 amide bonds. The lowest BCUT2D eigenvalue weighted by atomic mass is 10.1. The summed E-state index contributed by atoms with van der Waals surface area (Å²) < 4.78 is 5.11. The zero-order chi connectivity index (χ0) is 15.9. The minimum Gasteiger partial charge on any atom is -0.497 e. The van der Waals surface area contributed by atoms with Gasteiger partial charge in [0.1, 0.15) is 5.75 Å². The van der Waals surface area contributed by atoms with Gasteiger partial charge in [-0.15, -0.1) is 0 Å². The third-order valence-corrected chi connectivity index (χ3v) is 3.16. The average molecular weight is 300 g/mol. The topological polar surface area (TPSA) is 81.5 Å². The zero-order valence-electron chi connectivity index (χ0n) is 12.1. The largest absolute Gasteiger partial charge is 0.497 e. The molecule has 0 spiro atoms. The maximum atomic E-state index is 12.0. The predicted octanol–water partition coefficient (Wildman–Crippen LogP) is 2.46. The maximum absolute atomic E-state index is 12.0. The fraction of sp³-hybridized carbons (Fsp3) is 0.188. The number of nitro groups is 1. The van der Waals surface area contributed by atoms with E-state index in [2.05, 4.69) is 5.32 Å². The molecule has 2 rings (SSSR count). The first kappa shape index (κ1) is 15.5. The lowest BCUT2D eigenvalue weighted by Crippen LogP contribution is -2.24. The molecule has 114 valence electrons. The van der Waals surface area contributed by atoms with E-state index in [0.717, 1.165) is 5.56 Å². The first-order valence-electron chi connectivity index (χ1n) is 6.72. The number of amides is 1. The molecule has 0 saturated heterocycles. The Morgan fingerprint density at radius 3 is 2.73 bits per heavy atom. The number of benzene rings is 2. The standard InChI is InChI=1S/C16H16N2O4/c1-22-14-7-4-5-12(9-14)11-17-16(19)10-13-6-2-3-8-15(13)18(20)21/h2-9H,10-11H2,1H3,(H,17,19). The maximum Gasteiger partial charge on any atom is 0.273 e. The zero-order valence-corrected chi connectivity index (χ0v) is 12.1. The van der Waals surface area contributed by atoms with E-state index in [4.69, 9.17) is 4.74 Å². The highest BCUT2D eigenvalue weighted by Crippen LogP contribution is 2.18. The van der Waals surface area contributed by atoms with Gasteiger partial charge in [-0.2, -0.15) is 0 Å². The van der Waals surface area contributed by atoms with Crippen LogP contribution in [0.15, 0.2) is 48.5 Å². The van der Waals surface area contributed by atoms with Crippen molar-refractivity contribution in [3.63, 3.8) is 0 Å². The molecule has 0 aliphatic carbocycles. The molecule has 0 aliphatic rings. The van der Waals surface area contributed by atoms with Crippen LogP contribution in [0.2, 0.25) is 0 Å². The van der Waals surface area contributed by atoms with Crippen LogP contribution in [-0.4, -0.2) is 17.9 Å². The van der Waals surface area contributed by atoms with Crippen LogP contribution in [-0.2, 0) is 17.8 Å². The van der Waals surface area contributed by atoms with E-state index in [0.29, 0.717) is 17.9 Å². The van der Waals surface area contributed by atoms with Crippen LogP contribution >= 0.6 is 0 Å². The van der Waals surface area contributed by atoms with Gasteiger partial charge in [-0.1, -0.05) is 30.3 Å². The molecule has 22 heavy (non-hydrogen) atoms. The van der Waals surface area contributed by atoms with Crippen LogP contribution < -0.4 is 10.1 Å². The van der Waals surface area contributed by atoms with Crippen molar-refractivity contribution in [1.82, 2.24) is 5.32 Å². The van der Waals surface area contributed by atoms with Crippen molar-refractivity contribution >= 4 is 11.6 Å². The van der Waals surface area contributed by atoms with Crippen molar-refractivity contribution in [1.29, 1.82) is 0 Å². The normalized spacial score (nSPS) is 10.0. The number of carbonyl (C=O) groups is 1. The number of rotatable bonds is 6. The lowest BCUT2D eigenvalue weighted by Gasteiger charge is -2.07. The van der Waals surface area contributed by atoms with E-state index in [1.165, 1.54) is 6.07 Å². The summed E-state index contributed by atoms with van der Waals surface area (Å²) in [7, 11) is 1.58. The molecule has 0 aliphatic heterocycles. The quantitative estimate of drug-likeness (QED) is 0.656. The van der Waals surface area contributed by atoms with Crippen LogP contribution in [0.1, 0.15) is 11.1 Å². The number of nitrogens with one attached hydrogen (secondary N) is 1. The van der Waals surface area contributed by atoms with E-state index in [-0.39, 0.29) is 18.0 Å². The lowest BCUT2D eigenvalue weighted by molar-refractivity contribution is -0.385. The number of hydrogen-bond donors (Lipinski definition) is 1. The molecule has 2 aromatic carbocycles. The fourth-order valence-corrected chi connectivity index (χ4v) is 2.06. The first-order chi connectivity index (χ1) is 10.6. The number of ether oxygens (including phenoxy) is 1. The summed E-state index contributed by atoms with van der Waals surface area (Å²) >= 11 is 0. The van der Waals surface area contributed by atoms with Crippen molar-refractivity contribution < 1.29 is 14.5 Å². The van der Waals surface area contributed by atoms with Gasteiger partial charge in [0.2, 0.25) is 5.91 Å². The Hall–Kier alpha value is -2.89. The third-order valence-electron chi connectivity index (χ3n) is 3.16. The molecule has 6 nitrogen and oxygen atoms in total.